The number of nitrogens with one attached hydrogen (secondary N) is 1. The molecule has 3 N–H and O–H groups in total. The van der Waals surface area contributed by atoms with Gasteiger partial charge in [0, 0.05) is 11.6 Å². The van der Waals surface area contributed by atoms with Gasteiger partial charge >= 0.3 is 5.97 Å². The van der Waals surface area contributed by atoms with Gasteiger partial charge in [0.1, 0.15) is 5.82 Å². The largest absolute Gasteiger partial charge is 0.493 e. The highest BCUT2D eigenvalue weighted by molar-refractivity contribution is 5.93. The lowest BCUT2D eigenvalue weighted by Crippen LogP contribution is -2.04. The van der Waals surface area contributed by atoms with Crippen molar-refractivity contribution in [2.24, 2.45) is 0 Å². The van der Waals surface area contributed by atoms with Crippen molar-refractivity contribution in [2.45, 2.75) is 0 Å². The highest BCUT2D eigenvalue weighted by atomic mass is 16.5. The minimum atomic E-state index is -0.473. The van der Waals surface area contributed by atoms with Gasteiger partial charge in [-0.2, -0.15) is 5.10 Å². The molecule has 20 heavy (non-hydrogen) atoms. The molecule has 2 aromatic rings. The zero-order valence-corrected chi connectivity index (χ0v) is 11.4. The van der Waals surface area contributed by atoms with Crippen molar-refractivity contribution in [2.75, 3.05) is 27.1 Å². The van der Waals surface area contributed by atoms with Gasteiger partial charge in [-0.15, -0.1) is 0 Å². The van der Waals surface area contributed by atoms with E-state index in [1.165, 1.54) is 21.3 Å². The Kier molecular flexibility index (Phi) is 3.79. The third kappa shape index (κ3) is 2.37. The molecule has 106 valence electrons. The smallest absolute Gasteiger partial charge is 0.338 e. The van der Waals surface area contributed by atoms with Crippen LogP contribution in [0, 0.1) is 0 Å². The van der Waals surface area contributed by atoms with Gasteiger partial charge < -0.3 is 19.9 Å². The van der Waals surface area contributed by atoms with Gasteiger partial charge in [0.25, 0.3) is 0 Å². The fourth-order valence-electron chi connectivity index (χ4n) is 1.88. The second-order valence-corrected chi connectivity index (χ2v) is 3.96. The first-order valence-corrected chi connectivity index (χ1v) is 5.76. The molecular formula is C13H15N3O4. The third-order valence-corrected chi connectivity index (χ3v) is 2.79. The van der Waals surface area contributed by atoms with E-state index in [2.05, 4.69) is 10.2 Å². The van der Waals surface area contributed by atoms with Crippen LogP contribution in [0.2, 0.25) is 0 Å². The summed E-state index contributed by atoms with van der Waals surface area (Å²) in [5.74, 6) is 0.756. The molecule has 0 saturated carbocycles. The van der Waals surface area contributed by atoms with Crippen LogP contribution in [0.3, 0.4) is 0 Å². The number of benzene rings is 1. The fourth-order valence-corrected chi connectivity index (χ4v) is 1.88. The van der Waals surface area contributed by atoms with Crippen LogP contribution in [0.5, 0.6) is 11.5 Å². The van der Waals surface area contributed by atoms with E-state index >= 15 is 0 Å². The molecule has 0 saturated heterocycles. The number of methoxy groups -OCH3 is 3. The molecule has 0 amide bonds. The fraction of sp³-hybridized carbons (Fsp3) is 0.231. The van der Waals surface area contributed by atoms with Gasteiger partial charge in [0.05, 0.1) is 32.6 Å². The Morgan fingerprint density at radius 2 is 1.95 bits per heavy atom. The molecule has 0 radical (unpaired) electrons. The monoisotopic (exact) mass is 277 g/mol. The van der Waals surface area contributed by atoms with Crippen molar-refractivity contribution in [3.63, 3.8) is 0 Å². The van der Waals surface area contributed by atoms with E-state index in [1.807, 2.05) is 0 Å². The summed E-state index contributed by atoms with van der Waals surface area (Å²) >= 11 is 0. The summed E-state index contributed by atoms with van der Waals surface area (Å²) in [6, 6.07) is 4.81. The van der Waals surface area contributed by atoms with Gasteiger partial charge in [-0.25, -0.2) is 4.79 Å². The maximum absolute atomic E-state index is 11.7. The molecular weight excluding hydrogens is 262 g/mol. The molecule has 0 aliphatic heterocycles. The lowest BCUT2D eigenvalue weighted by molar-refractivity contribution is 0.0600. The molecule has 0 aliphatic rings. The Bertz CT molecular complexity index is 637. The SMILES string of the molecule is COC(=O)c1cc(OC)c(OC)c(-c2cc(N)n[nH]2)c1. The number of ether oxygens (including phenoxy) is 3. The lowest BCUT2D eigenvalue weighted by Gasteiger charge is -2.13. The lowest BCUT2D eigenvalue weighted by atomic mass is 10.1. The summed E-state index contributed by atoms with van der Waals surface area (Å²) in [6.45, 7) is 0. The number of nitrogen functional groups attached to an aromatic ring is 1. The number of nitrogens with two attached hydrogens (primary N) is 1. The highest BCUT2D eigenvalue weighted by Crippen LogP contribution is 2.39. The Balaban J connectivity index is 2.66. The molecule has 0 unspecified atom stereocenters. The quantitative estimate of drug-likeness (QED) is 0.821. The summed E-state index contributed by atoms with van der Waals surface area (Å²) in [6.07, 6.45) is 0. The van der Waals surface area contributed by atoms with Crippen molar-refractivity contribution in [3.05, 3.63) is 23.8 Å². The van der Waals surface area contributed by atoms with Crippen LogP contribution in [0.1, 0.15) is 10.4 Å². The van der Waals surface area contributed by atoms with E-state index in [0.717, 1.165) is 0 Å². The minimum Gasteiger partial charge on any atom is -0.493 e. The maximum atomic E-state index is 11.7. The van der Waals surface area contributed by atoms with Crippen LogP contribution in [-0.4, -0.2) is 37.5 Å². The van der Waals surface area contributed by atoms with E-state index in [4.69, 9.17) is 19.9 Å². The molecule has 0 atom stereocenters. The van der Waals surface area contributed by atoms with E-state index in [-0.39, 0.29) is 0 Å². The van der Waals surface area contributed by atoms with Crippen molar-refractivity contribution < 1.29 is 19.0 Å². The average molecular weight is 277 g/mol. The molecule has 7 nitrogen and oxygen atoms in total. The summed E-state index contributed by atoms with van der Waals surface area (Å²) in [4.78, 5) is 11.7. The number of carbonyl (C=O) groups is 1. The summed E-state index contributed by atoms with van der Waals surface area (Å²) < 4.78 is 15.3. The van der Waals surface area contributed by atoms with Gasteiger partial charge in [0.2, 0.25) is 0 Å². The van der Waals surface area contributed by atoms with Gasteiger partial charge in [-0.3, -0.25) is 5.10 Å². The molecule has 0 fully saturated rings. The molecule has 0 aliphatic carbocycles. The number of aromatic amines is 1. The number of anilines is 1. The zero-order chi connectivity index (χ0) is 14.7. The van der Waals surface area contributed by atoms with Crippen LogP contribution < -0.4 is 15.2 Å². The topological polar surface area (TPSA) is 99.5 Å². The Labute approximate surface area is 115 Å². The summed E-state index contributed by atoms with van der Waals surface area (Å²) in [5.41, 5.74) is 7.16. The van der Waals surface area contributed by atoms with Crippen LogP contribution in [0.15, 0.2) is 18.2 Å². The second-order valence-electron chi connectivity index (χ2n) is 3.96. The maximum Gasteiger partial charge on any atom is 0.338 e. The standard InChI is InChI=1S/C13H15N3O4/c1-18-10-5-7(13(17)20-3)4-8(12(10)19-2)9-6-11(14)16-15-9/h4-6H,1-3H3,(H3,14,15,16). The van der Waals surface area contributed by atoms with E-state index < -0.39 is 5.97 Å². The molecule has 7 heteroatoms. The van der Waals surface area contributed by atoms with Gasteiger partial charge in [-0.1, -0.05) is 0 Å². The van der Waals surface area contributed by atoms with Gasteiger partial charge in [-0.05, 0) is 12.1 Å². The van der Waals surface area contributed by atoms with Gasteiger partial charge in [0.15, 0.2) is 11.5 Å². The molecule has 1 aromatic carbocycles. The minimum absolute atomic E-state index is 0.337. The van der Waals surface area contributed by atoms with Crippen LogP contribution in [0.4, 0.5) is 5.82 Å². The zero-order valence-electron chi connectivity index (χ0n) is 11.4. The predicted octanol–water partition coefficient (Wildman–Crippen LogP) is 1.46. The summed E-state index contributed by atoms with van der Waals surface area (Å²) in [5, 5.41) is 6.63. The number of rotatable bonds is 4. The predicted molar refractivity (Wildman–Crippen MR) is 72.9 cm³/mol. The first-order chi connectivity index (χ1) is 9.60. The third-order valence-electron chi connectivity index (χ3n) is 2.79. The van der Waals surface area contributed by atoms with E-state index in [0.29, 0.717) is 34.1 Å². The number of nitrogens with zero attached hydrogens (tertiary/aromatic N) is 1. The second kappa shape index (κ2) is 5.52. The van der Waals surface area contributed by atoms with E-state index in [1.54, 1.807) is 18.2 Å². The van der Waals surface area contributed by atoms with Crippen LogP contribution in [0.25, 0.3) is 11.3 Å². The number of H-pyrrole nitrogens is 1. The number of hydrogen-bond donors (Lipinski definition) is 2. The van der Waals surface area contributed by atoms with Crippen LogP contribution in [-0.2, 0) is 4.74 Å². The molecule has 2 rings (SSSR count). The van der Waals surface area contributed by atoms with Crippen molar-refractivity contribution >= 4 is 11.8 Å². The first kappa shape index (κ1) is 13.7. The van der Waals surface area contributed by atoms with Crippen molar-refractivity contribution in [1.82, 2.24) is 10.2 Å². The highest BCUT2D eigenvalue weighted by Gasteiger charge is 2.19. The van der Waals surface area contributed by atoms with Crippen molar-refractivity contribution in [3.8, 4) is 22.8 Å². The first-order valence-electron chi connectivity index (χ1n) is 5.76. The number of hydrogen-bond acceptors (Lipinski definition) is 6. The van der Waals surface area contributed by atoms with Crippen LogP contribution >= 0.6 is 0 Å². The Hall–Kier alpha value is -2.70. The molecule has 0 spiro atoms. The molecule has 1 heterocycles. The average Bonchev–Trinajstić information content (AvgIpc) is 2.91. The Morgan fingerprint density at radius 3 is 2.45 bits per heavy atom. The summed E-state index contributed by atoms with van der Waals surface area (Å²) in [7, 11) is 4.32. The number of carbonyl (C=O) groups excluding carboxylic acids is 1. The Morgan fingerprint density at radius 1 is 1.20 bits per heavy atom. The normalized spacial score (nSPS) is 10.2. The molecule has 1 aromatic heterocycles. The van der Waals surface area contributed by atoms with Crippen molar-refractivity contribution in [1.29, 1.82) is 0 Å². The number of esters is 1. The molecule has 0 bridgehead atoms. The number of aromatic nitrogens is 2. The van der Waals surface area contributed by atoms with E-state index in [9.17, 15) is 4.79 Å².